The van der Waals surface area contributed by atoms with Gasteiger partial charge < -0.3 is 9.88 Å². The highest BCUT2D eigenvalue weighted by molar-refractivity contribution is 5.95. The number of nitrogens with one attached hydrogen (secondary N) is 1. The van der Waals surface area contributed by atoms with Gasteiger partial charge in [-0.1, -0.05) is 12.1 Å². The number of hydrogen-bond acceptors (Lipinski definition) is 4. The Balaban J connectivity index is 1.77. The minimum Gasteiger partial charge on any atom is -0.340 e. The number of aryl methyl sites for hydroxylation is 2. The van der Waals surface area contributed by atoms with Crippen molar-refractivity contribution in [3.63, 3.8) is 0 Å². The number of carbonyl (C=O) groups is 1. The van der Waals surface area contributed by atoms with E-state index in [1.54, 1.807) is 18.9 Å². The SMILES string of the molecule is Cc1nn(C)c(=O)c(C(=O)N2CCCCC2c2nc3ccccc3[nH]2)c1C. The molecule has 27 heavy (non-hydrogen) atoms. The summed E-state index contributed by atoms with van der Waals surface area (Å²) in [7, 11) is 1.58. The molecule has 1 N–H and O–H groups in total. The van der Waals surface area contributed by atoms with Crippen molar-refractivity contribution in [3.05, 3.63) is 57.3 Å². The van der Waals surface area contributed by atoms with Gasteiger partial charge in [0.05, 0.1) is 22.8 Å². The van der Waals surface area contributed by atoms with Crippen LogP contribution in [0.2, 0.25) is 0 Å². The lowest BCUT2D eigenvalue weighted by molar-refractivity contribution is 0.0597. The molecule has 1 aromatic carbocycles. The van der Waals surface area contributed by atoms with Gasteiger partial charge in [-0.25, -0.2) is 9.67 Å². The van der Waals surface area contributed by atoms with Crippen LogP contribution in [0, 0.1) is 13.8 Å². The number of H-pyrrole nitrogens is 1. The van der Waals surface area contributed by atoms with Crippen LogP contribution in [0.5, 0.6) is 0 Å². The molecule has 140 valence electrons. The van der Waals surface area contributed by atoms with Crippen molar-refractivity contribution in [3.8, 4) is 0 Å². The lowest BCUT2D eigenvalue weighted by Crippen LogP contribution is -2.43. The summed E-state index contributed by atoms with van der Waals surface area (Å²) in [4.78, 5) is 35.9. The number of nitrogens with zero attached hydrogens (tertiary/aromatic N) is 4. The van der Waals surface area contributed by atoms with Gasteiger partial charge >= 0.3 is 0 Å². The van der Waals surface area contributed by atoms with Crippen LogP contribution < -0.4 is 5.56 Å². The summed E-state index contributed by atoms with van der Waals surface area (Å²) in [6, 6.07) is 7.68. The van der Waals surface area contributed by atoms with Crippen molar-refractivity contribution in [1.82, 2.24) is 24.6 Å². The summed E-state index contributed by atoms with van der Waals surface area (Å²) < 4.78 is 1.25. The van der Waals surface area contributed by atoms with Crippen molar-refractivity contribution in [2.45, 2.75) is 39.2 Å². The van der Waals surface area contributed by atoms with Crippen LogP contribution in [-0.2, 0) is 7.05 Å². The Morgan fingerprint density at radius 1 is 1.22 bits per heavy atom. The topological polar surface area (TPSA) is 83.9 Å². The molecule has 0 saturated carbocycles. The van der Waals surface area contributed by atoms with Crippen molar-refractivity contribution < 1.29 is 4.79 Å². The summed E-state index contributed by atoms with van der Waals surface area (Å²) in [5.74, 6) is 0.549. The Morgan fingerprint density at radius 2 is 2.00 bits per heavy atom. The molecule has 0 radical (unpaired) electrons. The van der Waals surface area contributed by atoms with Crippen molar-refractivity contribution in [2.24, 2.45) is 7.05 Å². The van der Waals surface area contributed by atoms with E-state index in [4.69, 9.17) is 4.98 Å². The van der Waals surface area contributed by atoms with Crippen LogP contribution in [-0.4, -0.2) is 37.1 Å². The van der Waals surface area contributed by atoms with E-state index in [9.17, 15) is 9.59 Å². The second kappa shape index (κ2) is 6.64. The molecule has 1 unspecified atom stereocenters. The van der Waals surface area contributed by atoms with E-state index in [0.717, 1.165) is 36.1 Å². The third-order valence-electron chi connectivity index (χ3n) is 5.43. The van der Waals surface area contributed by atoms with Gasteiger partial charge in [-0.05, 0) is 50.8 Å². The molecule has 1 fully saturated rings. The molecule has 3 heterocycles. The number of likely N-dealkylation sites (tertiary alicyclic amines) is 1. The third kappa shape index (κ3) is 2.93. The van der Waals surface area contributed by atoms with Crippen molar-refractivity contribution >= 4 is 16.9 Å². The van der Waals surface area contributed by atoms with Crippen LogP contribution in [0.25, 0.3) is 11.0 Å². The molecule has 1 amide bonds. The van der Waals surface area contributed by atoms with E-state index in [0.29, 0.717) is 17.8 Å². The third-order valence-corrected chi connectivity index (χ3v) is 5.43. The summed E-state index contributed by atoms with van der Waals surface area (Å²) in [5.41, 5.74) is 3.05. The van der Waals surface area contributed by atoms with Gasteiger partial charge in [0, 0.05) is 13.6 Å². The smallest absolute Gasteiger partial charge is 0.279 e. The number of aromatic amines is 1. The molecule has 1 aliphatic rings. The number of hydrogen-bond donors (Lipinski definition) is 1. The zero-order valence-electron chi connectivity index (χ0n) is 15.8. The minimum absolute atomic E-state index is 0.156. The predicted molar refractivity (Wildman–Crippen MR) is 103 cm³/mol. The number of piperidine rings is 1. The summed E-state index contributed by atoms with van der Waals surface area (Å²) in [5, 5.41) is 4.18. The molecule has 0 spiro atoms. The number of rotatable bonds is 2. The average molecular weight is 365 g/mol. The maximum Gasteiger partial charge on any atom is 0.279 e. The zero-order valence-corrected chi connectivity index (χ0v) is 15.8. The molecule has 2 aromatic heterocycles. The van der Waals surface area contributed by atoms with Gasteiger partial charge in [-0.15, -0.1) is 0 Å². The Kier molecular flexibility index (Phi) is 4.30. The fourth-order valence-corrected chi connectivity index (χ4v) is 3.83. The molecule has 3 aromatic rings. The standard InChI is InChI=1S/C20H23N5O2/c1-12-13(2)23-24(3)19(26)17(12)20(27)25-11-7-6-10-16(25)18-21-14-8-4-5-9-15(14)22-18/h4-5,8-9,16H,6-7,10-11H2,1-3H3,(H,21,22). The van der Waals surface area contributed by atoms with Crippen LogP contribution in [0.4, 0.5) is 0 Å². The molecule has 0 aliphatic carbocycles. The first kappa shape index (κ1) is 17.5. The first-order valence-corrected chi connectivity index (χ1v) is 9.27. The highest BCUT2D eigenvalue weighted by atomic mass is 16.2. The molecule has 1 saturated heterocycles. The summed E-state index contributed by atoms with van der Waals surface area (Å²) in [6.07, 6.45) is 2.78. The molecule has 0 bridgehead atoms. The number of fused-ring (bicyclic) bond motifs is 1. The van der Waals surface area contributed by atoms with Gasteiger partial charge in [-0.2, -0.15) is 5.10 Å². The Bertz CT molecular complexity index is 1050. The second-order valence-electron chi connectivity index (χ2n) is 7.16. The van der Waals surface area contributed by atoms with Crippen LogP contribution >= 0.6 is 0 Å². The fraction of sp³-hybridized carbons (Fsp3) is 0.400. The second-order valence-corrected chi connectivity index (χ2v) is 7.16. The van der Waals surface area contributed by atoms with Gasteiger partial charge in [0.2, 0.25) is 0 Å². The predicted octanol–water partition coefficient (Wildman–Crippen LogP) is 2.64. The van der Waals surface area contributed by atoms with Crippen LogP contribution in [0.3, 0.4) is 0 Å². The maximum atomic E-state index is 13.4. The fourth-order valence-electron chi connectivity index (χ4n) is 3.83. The number of aromatic nitrogens is 4. The first-order valence-electron chi connectivity index (χ1n) is 9.27. The molecule has 7 heteroatoms. The quantitative estimate of drug-likeness (QED) is 0.757. The number of para-hydroxylation sites is 2. The first-order chi connectivity index (χ1) is 13.0. The molecule has 1 atom stereocenters. The normalized spacial score (nSPS) is 17.4. The van der Waals surface area contributed by atoms with E-state index in [1.165, 1.54) is 4.68 Å². The van der Waals surface area contributed by atoms with Gasteiger partial charge in [0.15, 0.2) is 0 Å². The average Bonchev–Trinajstić information content (AvgIpc) is 3.10. The van der Waals surface area contributed by atoms with E-state index < -0.39 is 0 Å². The largest absolute Gasteiger partial charge is 0.340 e. The molecule has 4 rings (SSSR count). The monoisotopic (exact) mass is 365 g/mol. The van der Waals surface area contributed by atoms with Crippen LogP contribution in [0.15, 0.2) is 29.1 Å². The van der Waals surface area contributed by atoms with Crippen molar-refractivity contribution in [1.29, 1.82) is 0 Å². The van der Waals surface area contributed by atoms with E-state index >= 15 is 0 Å². The molecular weight excluding hydrogens is 342 g/mol. The van der Waals surface area contributed by atoms with Gasteiger partial charge in [0.25, 0.3) is 11.5 Å². The zero-order chi connectivity index (χ0) is 19.1. The van der Waals surface area contributed by atoms with E-state index in [-0.39, 0.29) is 23.1 Å². The Labute approximate surface area is 157 Å². The lowest BCUT2D eigenvalue weighted by atomic mass is 9.99. The number of imidazole rings is 1. The van der Waals surface area contributed by atoms with Gasteiger partial charge in [0.1, 0.15) is 11.4 Å². The van der Waals surface area contributed by atoms with E-state index in [1.807, 2.05) is 31.2 Å². The number of amides is 1. The number of benzene rings is 1. The van der Waals surface area contributed by atoms with Crippen LogP contribution in [0.1, 0.15) is 52.7 Å². The Hall–Kier alpha value is -2.96. The summed E-state index contributed by atoms with van der Waals surface area (Å²) >= 11 is 0. The molecular formula is C20H23N5O2. The van der Waals surface area contributed by atoms with E-state index in [2.05, 4.69) is 10.1 Å². The lowest BCUT2D eigenvalue weighted by Gasteiger charge is -2.34. The van der Waals surface area contributed by atoms with Gasteiger partial charge in [-0.3, -0.25) is 9.59 Å². The number of carbonyl (C=O) groups excluding carboxylic acids is 1. The molecule has 7 nitrogen and oxygen atoms in total. The Morgan fingerprint density at radius 3 is 2.78 bits per heavy atom. The minimum atomic E-state index is -0.350. The highest BCUT2D eigenvalue weighted by Gasteiger charge is 2.33. The molecule has 1 aliphatic heterocycles. The maximum absolute atomic E-state index is 13.4. The summed E-state index contributed by atoms with van der Waals surface area (Å²) in [6.45, 7) is 4.22. The van der Waals surface area contributed by atoms with Crippen molar-refractivity contribution in [2.75, 3.05) is 6.54 Å². The highest BCUT2D eigenvalue weighted by Crippen LogP contribution is 2.31.